The normalized spacial score (nSPS) is 17.5. The summed E-state index contributed by atoms with van der Waals surface area (Å²) < 4.78 is 32.4. The number of hydrogen-bond acceptors (Lipinski definition) is 3. The van der Waals surface area contributed by atoms with Crippen LogP contribution in [-0.2, 0) is 11.2 Å². The van der Waals surface area contributed by atoms with Crippen molar-refractivity contribution in [2.24, 2.45) is 5.92 Å². The maximum absolute atomic E-state index is 13.7. The molecule has 1 saturated heterocycles. The Bertz CT molecular complexity index is 738. The number of likely N-dealkylation sites (tertiary alicyclic amines) is 1. The van der Waals surface area contributed by atoms with Gasteiger partial charge >= 0.3 is 0 Å². The van der Waals surface area contributed by atoms with E-state index < -0.39 is 23.3 Å². The monoisotopic (exact) mass is 347 g/mol. The van der Waals surface area contributed by atoms with Crippen LogP contribution in [0.15, 0.2) is 41.0 Å². The predicted molar refractivity (Wildman–Crippen MR) is 87.0 cm³/mol. The Balaban J connectivity index is 1.59. The molecule has 1 aromatic carbocycles. The van der Waals surface area contributed by atoms with Gasteiger partial charge in [-0.3, -0.25) is 9.59 Å². The zero-order valence-corrected chi connectivity index (χ0v) is 13.7. The van der Waals surface area contributed by atoms with Crippen LogP contribution in [0.25, 0.3) is 0 Å². The van der Waals surface area contributed by atoms with Crippen molar-refractivity contribution in [3.8, 4) is 0 Å². The van der Waals surface area contributed by atoms with Crippen LogP contribution in [0.5, 0.6) is 0 Å². The van der Waals surface area contributed by atoms with Crippen LogP contribution in [0.4, 0.5) is 8.78 Å². The molecule has 132 valence electrons. The van der Waals surface area contributed by atoms with Gasteiger partial charge in [0, 0.05) is 18.7 Å². The molecule has 0 aliphatic carbocycles. The number of amides is 1. The Hall–Kier alpha value is -2.50. The van der Waals surface area contributed by atoms with Crippen molar-refractivity contribution in [2.45, 2.75) is 25.7 Å². The number of carbonyl (C=O) groups is 2. The highest BCUT2D eigenvalue weighted by Crippen LogP contribution is 2.24. The van der Waals surface area contributed by atoms with Gasteiger partial charge in [-0.05, 0) is 55.9 Å². The molecule has 2 heterocycles. The first-order valence-electron chi connectivity index (χ1n) is 8.36. The highest BCUT2D eigenvalue weighted by Gasteiger charge is 2.29. The van der Waals surface area contributed by atoms with Crippen LogP contribution in [0, 0.1) is 17.6 Å². The molecule has 0 radical (unpaired) electrons. The summed E-state index contributed by atoms with van der Waals surface area (Å²) in [5.41, 5.74) is 0.0811. The summed E-state index contributed by atoms with van der Waals surface area (Å²) in [5, 5.41) is 0. The van der Waals surface area contributed by atoms with Gasteiger partial charge in [0.05, 0.1) is 6.26 Å². The van der Waals surface area contributed by atoms with Crippen LogP contribution in [0.1, 0.15) is 35.4 Å². The summed E-state index contributed by atoms with van der Waals surface area (Å²) in [6.07, 6.45) is 3.83. The van der Waals surface area contributed by atoms with Crippen LogP contribution < -0.4 is 0 Å². The fourth-order valence-corrected chi connectivity index (χ4v) is 3.26. The van der Waals surface area contributed by atoms with Crippen molar-refractivity contribution in [1.29, 1.82) is 0 Å². The third kappa shape index (κ3) is 3.95. The summed E-state index contributed by atoms with van der Waals surface area (Å²) in [6.45, 7) is 0.928. The van der Waals surface area contributed by atoms with Gasteiger partial charge in [0.15, 0.2) is 5.76 Å². The van der Waals surface area contributed by atoms with E-state index in [0.29, 0.717) is 19.5 Å². The van der Waals surface area contributed by atoms with Gasteiger partial charge in [-0.2, -0.15) is 0 Å². The summed E-state index contributed by atoms with van der Waals surface area (Å²) in [6, 6.07) is 6.86. The quantitative estimate of drug-likeness (QED) is 0.613. The van der Waals surface area contributed by atoms with Crippen LogP contribution in [-0.4, -0.2) is 29.7 Å². The first-order valence-corrected chi connectivity index (χ1v) is 8.36. The molecule has 3 rings (SSSR count). The number of ketones is 1. The van der Waals surface area contributed by atoms with Crippen molar-refractivity contribution in [3.63, 3.8) is 0 Å². The predicted octanol–water partition coefficient (Wildman–Crippen LogP) is 3.61. The molecule has 6 heteroatoms. The minimum absolute atomic E-state index is 0.0283. The van der Waals surface area contributed by atoms with Crippen molar-refractivity contribution < 1.29 is 22.8 Å². The molecular formula is C19H19F2NO3. The molecule has 2 aromatic rings. The number of Topliss-reactive ketones (excluding diaryl/α,β-unsaturated/α-hetero) is 1. The Kier molecular flexibility index (Phi) is 5.26. The lowest BCUT2D eigenvalue weighted by atomic mass is 9.91. The standard InChI is InChI=1S/C19H19F2NO3/c20-15-5-1-6-16(21)14(15)9-8-13-4-2-10-22(12-13)19(24)18(23)17-7-3-11-25-17/h1,3,5-7,11,13H,2,4,8-10,12H2. The number of benzene rings is 1. The zero-order valence-electron chi connectivity index (χ0n) is 13.7. The molecule has 1 aliphatic heterocycles. The van der Waals surface area contributed by atoms with E-state index in [1.807, 2.05) is 0 Å². The fraction of sp³-hybridized carbons (Fsp3) is 0.368. The smallest absolute Gasteiger partial charge is 0.298 e. The van der Waals surface area contributed by atoms with E-state index in [4.69, 9.17) is 4.42 Å². The second kappa shape index (κ2) is 7.59. The van der Waals surface area contributed by atoms with E-state index in [1.165, 1.54) is 35.4 Å². The van der Waals surface area contributed by atoms with Crippen LogP contribution in [0.2, 0.25) is 0 Å². The Morgan fingerprint density at radius 3 is 2.60 bits per heavy atom. The molecule has 25 heavy (non-hydrogen) atoms. The van der Waals surface area contributed by atoms with Crippen molar-refractivity contribution >= 4 is 11.7 Å². The SMILES string of the molecule is O=C(C(=O)N1CCCC(CCc2c(F)cccc2F)C1)c1ccco1. The molecule has 1 aliphatic rings. The van der Waals surface area contributed by atoms with Gasteiger partial charge in [-0.1, -0.05) is 6.07 Å². The molecule has 1 fully saturated rings. The van der Waals surface area contributed by atoms with Crippen molar-refractivity contribution in [3.05, 3.63) is 59.6 Å². The van der Waals surface area contributed by atoms with Crippen molar-refractivity contribution in [1.82, 2.24) is 4.90 Å². The number of furan rings is 1. The lowest BCUT2D eigenvalue weighted by Gasteiger charge is -2.32. The van der Waals surface area contributed by atoms with E-state index in [2.05, 4.69) is 0 Å². The average molecular weight is 347 g/mol. The summed E-state index contributed by atoms with van der Waals surface area (Å²) in [7, 11) is 0. The zero-order chi connectivity index (χ0) is 17.8. The highest BCUT2D eigenvalue weighted by atomic mass is 19.1. The minimum atomic E-state index is -0.661. The van der Waals surface area contributed by atoms with E-state index in [0.717, 1.165) is 12.8 Å². The van der Waals surface area contributed by atoms with Gasteiger partial charge in [0.25, 0.3) is 11.7 Å². The van der Waals surface area contributed by atoms with Gasteiger partial charge in [-0.25, -0.2) is 8.78 Å². The van der Waals surface area contributed by atoms with Gasteiger partial charge < -0.3 is 9.32 Å². The third-order valence-electron chi connectivity index (χ3n) is 4.61. The van der Waals surface area contributed by atoms with E-state index >= 15 is 0 Å². The molecule has 0 bridgehead atoms. The van der Waals surface area contributed by atoms with Crippen LogP contribution in [0.3, 0.4) is 0 Å². The first kappa shape index (κ1) is 17.3. The average Bonchev–Trinajstić information content (AvgIpc) is 3.15. The van der Waals surface area contributed by atoms with E-state index in [9.17, 15) is 18.4 Å². The number of nitrogens with zero attached hydrogens (tertiary/aromatic N) is 1. The molecular weight excluding hydrogens is 328 g/mol. The molecule has 1 unspecified atom stereocenters. The van der Waals surface area contributed by atoms with Gasteiger partial charge in [0.2, 0.25) is 0 Å². The lowest BCUT2D eigenvalue weighted by molar-refractivity contribution is -0.128. The van der Waals surface area contributed by atoms with Crippen LogP contribution >= 0.6 is 0 Å². The largest absolute Gasteiger partial charge is 0.461 e. The Labute approximate surface area is 144 Å². The Morgan fingerprint density at radius 2 is 1.92 bits per heavy atom. The van der Waals surface area contributed by atoms with Gasteiger partial charge in [-0.15, -0.1) is 0 Å². The lowest BCUT2D eigenvalue weighted by Crippen LogP contribution is -2.43. The number of piperidine rings is 1. The van der Waals surface area contributed by atoms with Gasteiger partial charge in [0.1, 0.15) is 11.6 Å². The number of rotatable bonds is 5. The summed E-state index contributed by atoms with van der Waals surface area (Å²) >= 11 is 0. The molecule has 4 nitrogen and oxygen atoms in total. The second-order valence-corrected chi connectivity index (χ2v) is 6.30. The topological polar surface area (TPSA) is 50.5 Å². The molecule has 0 spiro atoms. The molecule has 1 atom stereocenters. The highest BCUT2D eigenvalue weighted by molar-refractivity contribution is 6.41. The number of halogens is 2. The second-order valence-electron chi connectivity index (χ2n) is 6.30. The summed E-state index contributed by atoms with van der Waals surface area (Å²) in [4.78, 5) is 25.9. The van der Waals surface area contributed by atoms with E-state index in [1.54, 1.807) is 6.07 Å². The number of hydrogen-bond donors (Lipinski definition) is 0. The maximum Gasteiger partial charge on any atom is 0.298 e. The minimum Gasteiger partial charge on any atom is -0.461 e. The Morgan fingerprint density at radius 1 is 1.16 bits per heavy atom. The van der Waals surface area contributed by atoms with E-state index in [-0.39, 0.29) is 23.7 Å². The molecule has 1 aromatic heterocycles. The summed E-state index contributed by atoms with van der Waals surface area (Å²) in [5.74, 6) is -2.20. The van der Waals surface area contributed by atoms with Crippen molar-refractivity contribution in [2.75, 3.05) is 13.1 Å². The molecule has 1 amide bonds. The maximum atomic E-state index is 13.7. The fourth-order valence-electron chi connectivity index (χ4n) is 3.26. The molecule has 0 saturated carbocycles. The number of carbonyl (C=O) groups excluding carboxylic acids is 2. The molecule has 0 N–H and O–H groups in total. The third-order valence-corrected chi connectivity index (χ3v) is 4.61. The first-order chi connectivity index (χ1) is 12.1.